The number of hydrogen-bond donors (Lipinski definition) is 0. The van der Waals surface area contributed by atoms with Crippen molar-refractivity contribution in [2.45, 2.75) is 11.8 Å². The average molecular weight is 432 g/mol. The van der Waals surface area contributed by atoms with Crippen LogP contribution in [0.3, 0.4) is 0 Å². The first-order valence-corrected chi connectivity index (χ1v) is 10.2. The number of nitrogens with zero attached hydrogens (tertiary/aromatic N) is 2. The van der Waals surface area contributed by atoms with Crippen LogP contribution in [0.2, 0.25) is 0 Å². The Bertz CT molecular complexity index is 537. The largest absolute Gasteiger partial charge is 0.300 e. The normalized spacial score (nSPS) is 18.9. The van der Waals surface area contributed by atoms with E-state index in [0.717, 1.165) is 33.6 Å². The molecule has 108 valence electrons. The molecule has 0 amide bonds. The number of thiophene rings is 1. The van der Waals surface area contributed by atoms with Crippen molar-refractivity contribution in [1.82, 2.24) is 9.21 Å². The van der Waals surface area contributed by atoms with Crippen molar-refractivity contribution in [2.75, 3.05) is 38.1 Å². The SMILES string of the molecule is Cc1sc(Br)cc1S(=O)(=O)N1CCN(CCBr)CC1. The fourth-order valence-electron chi connectivity index (χ4n) is 2.14. The van der Waals surface area contributed by atoms with Gasteiger partial charge in [-0.1, -0.05) is 15.9 Å². The quantitative estimate of drug-likeness (QED) is 0.687. The highest BCUT2D eigenvalue weighted by molar-refractivity contribution is 9.11. The summed E-state index contributed by atoms with van der Waals surface area (Å²) >= 11 is 8.23. The van der Waals surface area contributed by atoms with E-state index in [1.807, 2.05) is 6.92 Å². The van der Waals surface area contributed by atoms with E-state index in [0.29, 0.717) is 18.0 Å². The van der Waals surface area contributed by atoms with Crippen molar-refractivity contribution in [3.63, 3.8) is 0 Å². The van der Waals surface area contributed by atoms with Gasteiger partial charge in [0.05, 0.1) is 8.68 Å². The van der Waals surface area contributed by atoms with Gasteiger partial charge in [0.25, 0.3) is 0 Å². The zero-order valence-electron chi connectivity index (χ0n) is 10.6. The highest BCUT2D eigenvalue weighted by Crippen LogP contribution is 2.31. The van der Waals surface area contributed by atoms with Gasteiger partial charge in [-0.2, -0.15) is 4.31 Å². The molecule has 0 aromatic carbocycles. The number of sulfonamides is 1. The summed E-state index contributed by atoms with van der Waals surface area (Å²) in [6, 6.07) is 1.71. The molecule has 19 heavy (non-hydrogen) atoms. The van der Waals surface area contributed by atoms with Crippen LogP contribution in [0, 0.1) is 6.92 Å². The summed E-state index contributed by atoms with van der Waals surface area (Å²) in [5, 5.41) is 0.927. The molecule has 1 aromatic rings. The molecule has 0 spiro atoms. The van der Waals surface area contributed by atoms with E-state index in [9.17, 15) is 8.42 Å². The van der Waals surface area contributed by atoms with Crippen LogP contribution >= 0.6 is 43.2 Å². The van der Waals surface area contributed by atoms with Crippen LogP contribution in [-0.4, -0.2) is 55.7 Å². The number of hydrogen-bond acceptors (Lipinski definition) is 4. The standard InChI is InChI=1S/C11H16Br2N2O2S2/c1-9-10(8-11(13)18-9)19(16,17)15-6-4-14(3-2-12)5-7-15/h8H,2-7H2,1H3. The van der Waals surface area contributed by atoms with Gasteiger partial charge in [0.1, 0.15) is 0 Å². The van der Waals surface area contributed by atoms with Crippen LogP contribution in [0.15, 0.2) is 14.7 Å². The third-order valence-electron chi connectivity index (χ3n) is 3.19. The molecule has 1 aromatic heterocycles. The van der Waals surface area contributed by atoms with Crippen molar-refractivity contribution in [3.05, 3.63) is 14.7 Å². The Morgan fingerprint density at radius 1 is 1.32 bits per heavy atom. The number of halogens is 2. The highest BCUT2D eigenvalue weighted by atomic mass is 79.9. The Balaban J connectivity index is 2.12. The molecular formula is C11H16Br2N2O2S2. The summed E-state index contributed by atoms with van der Waals surface area (Å²) in [6.45, 7) is 5.56. The van der Waals surface area contributed by atoms with Crippen molar-refractivity contribution in [3.8, 4) is 0 Å². The first-order valence-electron chi connectivity index (χ1n) is 5.99. The maximum atomic E-state index is 12.6. The minimum absolute atomic E-state index is 0.443. The Kier molecular flexibility index (Phi) is 5.47. The number of aryl methyl sites for hydroxylation is 1. The first kappa shape index (κ1) is 15.9. The Morgan fingerprint density at radius 3 is 2.42 bits per heavy atom. The van der Waals surface area contributed by atoms with Gasteiger partial charge < -0.3 is 0 Å². The van der Waals surface area contributed by atoms with Crippen LogP contribution in [0.1, 0.15) is 4.88 Å². The maximum Gasteiger partial charge on any atom is 0.244 e. The van der Waals surface area contributed by atoms with Gasteiger partial charge in [-0.3, -0.25) is 4.90 Å². The van der Waals surface area contributed by atoms with Gasteiger partial charge >= 0.3 is 0 Å². The van der Waals surface area contributed by atoms with E-state index in [2.05, 4.69) is 36.8 Å². The van der Waals surface area contributed by atoms with Gasteiger partial charge in [0, 0.05) is 42.9 Å². The molecule has 0 radical (unpaired) electrons. The molecule has 1 aliphatic rings. The predicted molar refractivity (Wildman–Crippen MR) is 85.7 cm³/mol. The number of rotatable bonds is 4. The Morgan fingerprint density at radius 2 is 1.95 bits per heavy atom. The summed E-state index contributed by atoms with van der Waals surface area (Å²) in [5.74, 6) is 0. The molecule has 0 aliphatic carbocycles. The second-order valence-corrected chi connectivity index (χ2v) is 9.74. The highest BCUT2D eigenvalue weighted by Gasteiger charge is 2.30. The average Bonchev–Trinajstić information content (AvgIpc) is 2.70. The lowest BCUT2D eigenvalue weighted by Gasteiger charge is -2.33. The van der Waals surface area contributed by atoms with Crippen molar-refractivity contribution >= 4 is 53.2 Å². The molecule has 0 saturated carbocycles. The Hall–Kier alpha value is 0.530. The molecule has 4 nitrogen and oxygen atoms in total. The maximum absolute atomic E-state index is 12.6. The molecule has 1 aliphatic heterocycles. The van der Waals surface area contributed by atoms with E-state index in [1.54, 1.807) is 10.4 Å². The molecule has 1 saturated heterocycles. The lowest BCUT2D eigenvalue weighted by atomic mass is 10.4. The minimum Gasteiger partial charge on any atom is -0.300 e. The zero-order chi connectivity index (χ0) is 14.0. The molecule has 0 bridgehead atoms. The predicted octanol–water partition coefficient (Wildman–Crippen LogP) is 2.52. The number of alkyl halides is 1. The first-order chi connectivity index (χ1) is 8.95. The van der Waals surface area contributed by atoms with Crippen LogP contribution in [0.5, 0.6) is 0 Å². The van der Waals surface area contributed by atoms with E-state index >= 15 is 0 Å². The van der Waals surface area contributed by atoms with E-state index in [1.165, 1.54) is 11.3 Å². The molecule has 0 unspecified atom stereocenters. The summed E-state index contributed by atoms with van der Waals surface area (Å²) in [5.41, 5.74) is 0. The van der Waals surface area contributed by atoms with Crippen LogP contribution in [0.4, 0.5) is 0 Å². The monoisotopic (exact) mass is 430 g/mol. The zero-order valence-corrected chi connectivity index (χ0v) is 15.4. The lowest BCUT2D eigenvalue weighted by Crippen LogP contribution is -2.48. The van der Waals surface area contributed by atoms with Crippen LogP contribution in [0.25, 0.3) is 0 Å². The third-order valence-corrected chi connectivity index (χ3v) is 7.25. The molecule has 0 N–H and O–H groups in total. The topological polar surface area (TPSA) is 40.6 Å². The smallest absolute Gasteiger partial charge is 0.244 e. The summed E-state index contributed by atoms with van der Waals surface area (Å²) in [4.78, 5) is 3.56. The van der Waals surface area contributed by atoms with Crippen molar-refractivity contribution in [1.29, 1.82) is 0 Å². The lowest BCUT2D eigenvalue weighted by molar-refractivity contribution is 0.198. The van der Waals surface area contributed by atoms with E-state index in [4.69, 9.17) is 0 Å². The summed E-state index contributed by atoms with van der Waals surface area (Å²) < 4.78 is 27.6. The summed E-state index contributed by atoms with van der Waals surface area (Å²) in [6.07, 6.45) is 0. The van der Waals surface area contributed by atoms with Gasteiger partial charge in [0.2, 0.25) is 10.0 Å². The fourth-order valence-corrected chi connectivity index (χ4v) is 6.45. The second-order valence-electron chi connectivity index (χ2n) is 4.41. The molecule has 2 heterocycles. The molecule has 8 heteroatoms. The Labute approximate surface area is 135 Å². The van der Waals surface area contributed by atoms with Crippen molar-refractivity contribution < 1.29 is 8.42 Å². The third kappa shape index (κ3) is 3.59. The fraction of sp³-hybridized carbons (Fsp3) is 0.636. The molecule has 2 rings (SSSR count). The molecule has 1 fully saturated rings. The van der Waals surface area contributed by atoms with Gasteiger partial charge in [-0.05, 0) is 28.9 Å². The van der Waals surface area contributed by atoms with Gasteiger partial charge in [-0.15, -0.1) is 11.3 Å². The molecular weight excluding hydrogens is 416 g/mol. The minimum atomic E-state index is -3.33. The van der Waals surface area contributed by atoms with Crippen LogP contribution in [-0.2, 0) is 10.0 Å². The summed E-state index contributed by atoms with van der Waals surface area (Å²) in [7, 11) is -3.33. The van der Waals surface area contributed by atoms with Crippen molar-refractivity contribution in [2.24, 2.45) is 0 Å². The van der Waals surface area contributed by atoms with Gasteiger partial charge in [0.15, 0.2) is 0 Å². The van der Waals surface area contributed by atoms with Crippen LogP contribution < -0.4 is 0 Å². The van der Waals surface area contributed by atoms with E-state index in [-0.39, 0.29) is 0 Å². The van der Waals surface area contributed by atoms with E-state index < -0.39 is 10.0 Å². The number of piperazine rings is 1. The second kappa shape index (κ2) is 6.53. The van der Waals surface area contributed by atoms with Gasteiger partial charge in [-0.25, -0.2) is 8.42 Å². The molecule has 0 atom stereocenters.